The highest BCUT2D eigenvalue weighted by Crippen LogP contribution is 2.10. The first-order chi connectivity index (χ1) is 9.13. The molecule has 1 N–H and O–H groups in total. The van der Waals surface area contributed by atoms with Crippen molar-refractivity contribution in [2.24, 2.45) is 0 Å². The highest BCUT2D eigenvalue weighted by Gasteiger charge is 1.99. The Labute approximate surface area is 123 Å². The zero-order chi connectivity index (χ0) is 13.7. The molecule has 1 aromatic heterocycles. The summed E-state index contributed by atoms with van der Waals surface area (Å²) in [6.07, 6.45) is 4.87. The van der Waals surface area contributed by atoms with E-state index < -0.39 is 0 Å². The summed E-state index contributed by atoms with van der Waals surface area (Å²) in [5, 5.41) is 7.69. The summed E-state index contributed by atoms with van der Waals surface area (Å²) >= 11 is 3.41. The predicted molar refractivity (Wildman–Crippen MR) is 82.3 cm³/mol. The van der Waals surface area contributed by atoms with Crippen LogP contribution in [-0.4, -0.2) is 22.4 Å². The van der Waals surface area contributed by atoms with Crippen LogP contribution in [0, 0.1) is 0 Å². The van der Waals surface area contributed by atoms with Gasteiger partial charge in [-0.1, -0.05) is 38.1 Å². The van der Waals surface area contributed by atoms with Crippen LogP contribution < -0.4 is 5.32 Å². The van der Waals surface area contributed by atoms with Gasteiger partial charge in [0, 0.05) is 12.2 Å². The average molecular weight is 322 g/mol. The third-order valence-corrected chi connectivity index (χ3v) is 3.35. The Bertz CT molecular complexity index is 502. The molecule has 0 fully saturated rings. The van der Waals surface area contributed by atoms with E-state index in [4.69, 9.17) is 0 Å². The Kier molecular flexibility index (Phi) is 5.16. The minimum Gasteiger partial charge on any atom is -0.314 e. The molecule has 0 atom stereocenters. The number of halogens is 1. The number of hydrogen-bond donors (Lipinski definition) is 1. The van der Waals surface area contributed by atoms with Gasteiger partial charge in [-0.2, -0.15) is 5.10 Å². The Balaban J connectivity index is 1.87. The second-order valence-corrected chi connectivity index (χ2v) is 5.95. The molecular formula is C15H20BrN3. The number of aromatic nitrogens is 2. The van der Waals surface area contributed by atoms with E-state index in [1.807, 2.05) is 17.1 Å². The van der Waals surface area contributed by atoms with Crippen LogP contribution in [0.25, 0.3) is 0 Å². The number of rotatable bonds is 6. The van der Waals surface area contributed by atoms with Crippen molar-refractivity contribution in [2.45, 2.75) is 32.9 Å². The Hall–Kier alpha value is -1.13. The normalized spacial score (nSPS) is 11.2. The minimum atomic E-state index is 0.553. The second kappa shape index (κ2) is 6.87. The predicted octanol–water partition coefficient (Wildman–Crippen LogP) is 3.23. The van der Waals surface area contributed by atoms with E-state index in [2.05, 4.69) is 64.5 Å². The molecule has 2 aromatic rings. The molecule has 0 radical (unpaired) electrons. The fraction of sp³-hybridized carbons (Fsp3) is 0.400. The smallest absolute Gasteiger partial charge is 0.0659 e. The van der Waals surface area contributed by atoms with E-state index >= 15 is 0 Å². The molecule has 2 rings (SSSR count). The summed E-state index contributed by atoms with van der Waals surface area (Å²) < 4.78 is 2.95. The molecule has 0 saturated heterocycles. The third-order valence-electron chi connectivity index (χ3n) is 2.94. The van der Waals surface area contributed by atoms with Gasteiger partial charge in [0.15, 0.2) is 0 Å². The molecule has 0 aliphatic heterocycles. The van der Waals surface area contributed by atoms with Crippen molar-refractivity contribution >= 4 is 15.9 Å². The quantitative estimate of drug-likeness (QED) is 0.885. The summed E-state index contributed by atoms with van der Waals surface area (Å²) in [7, 11) is 0. The van der Waals surface area contributed by atoms with Crippen LogP contribution in [0.15, 0.2) is 41.1 Å². The van der Waals surface area contributed by atoms with Crippen LogP contribution >= 0.6 is 15.9 Å². The first-order valence-corrected chi connectivity index (χ1v) is 7.42. The summed E-state index contributed by atoms with van der Waals surface area (Å²) in [4.78, 5) is 0. The van der Waals surface area contributed by atoms with Gasteiger partial charge in [-0.25, -0.2) is 0 Å². The maximum atomic E-state index is 4.26. The van der Waals surface area contributed by atoms with Gasteiger partial charge < -0.3 is 5.32 Å². The Morgan fingerprint density at radius 1 is 1.21 bits per heavy atom. The molecule has 0 amide bonds. The van der Waals surface area contributed by atoms with Crippen molar-refractivity contribution in [1.29, 1.82) is 0 Å². The molecule has 0 aliphatic carbocycles. The number of benzene rings is 1. The zero-order valence-corrected chi connectivity index (χ0v) is 13.0. The van der Waals surface area contributed by atoms with Gasteiger partial charge in [-0.15, -0.1) is 0 Å². The SMILES string of the molecule is CC(C)NCCc1ccc(Cn2cc(Br)cn2)cc1. The zero-order valence-electron chi connectivity index (χ0n) is 11.4. The minimum absolute atomic E-state index is 0.553. The van der Waals surface area contributed by atoms with Crippen molar-refractivity contribution in [3.8, 4) is 0 Å². The summed E-state index contributed by atoms with van der Waals surface area (Å²) in [6.45, 7) is 6.19. The maximum absolute atomic E-state index is 4.26. The van der Waals surface area contributed by atoms with Gasteiger partial charge in [0.1, 0.15) is 0 Å². The van der Waals surface area contributed by atoms with E-state index in [9.17, 15) is 0 Å². The molecule has 0 spiro atoms. The lowest BCUT2D eigenvalue weighted by Crippen LogP contribution is -2.24. The van der Waals surface area contributed by atoms with Gasteiger partial charge in [0.05, 0.1) is 17.2 Å². The van der Waals surface area contributed by atoms with E-state index in [1.165, 1.54) is 11.1 Å². The Morgan fingerprint density at radius 3 is 2.47 bits per heavy atom. The molecule has 4 heteroatoms. The van der Waals surface area contributed by atoms with E-state index in [0.717, 1.165) is 24.0 Å². The van der Waals surface area contributed by atoms with Gasteiger partial charge in [0.2, 0.25) is 0 Å². The summed E-state index contributed by atoms with van der Waals surface area (Å²) in [5.74, 6) is 0. The lowest BCUT2D eigenvalue weighted by atomic mass is 10.1. The molecule has 1 heterocycles. The molecule has 0 unspecified atom stereocenters. The molecule has 102 valence electrons. The van der Waals surface area contributed by atoms with Gasteiger partial charge in [-0.05, 0) is 40.0 Å². The van der Waals surface area contributed by atoms with Crippen molar-refractivity contribution in [2.75, 3.05) is 6.54 Å². The van der Waals surface area contributed by atoms with E-state index in [1.54, 1.807) is 0 Å². The number of hydrogen-bond acceptors (Lipinski definition) is 2. The third kappa shape index (κ3) is 4.80. The monoisotopic (exact) mass is 321 g/mol. The van der Waals surface area contributed by atoms with E-state index in [-0.39, 0.29) is 0 Å². The van der Waals surface area contributed by atoms with Gasteiger partial charge in [0.25, 0.3) is 0 Å². The molecule has 0 bridgehead atoms. The Morgan fingerprint density at radius 2 is 1.89 bits per heavy atom. The largest absolute Gasteiger partial charge is 0.314 e. The van der Waals surface area contributed by atoms with Crippen LogP contribution in [0.2, 0.25) is 0 Å². The highest BCUT2D eigenvalue weighted by molar-refractivity contribution is 9.10. The van der Waals surface area contributed by atoms with Crippen LogP contribution in [0.4, 0.5) is 0 Å². The molecule has 1 aromatic carbocycles. The van der Waals surface area contributed by atoms with Gasteiger partial charge >= 0.3 is 0 Å². The summed E-state index contributed by atoms with van der Waals surface area (Å²) in [5.41, 5.74) is 2.65. The number of nitrogens with zero attached hydrogens (tertiary/aromatic N) is 2. The molecule has 3 nitrogen and oxygen atoms in total. The highest BCUT2D eigenvalue weighted by atomic mass is 79.9. The standard InChI is InChI=1S/C15H20BrN3/c1-12(2)17-8-7-13-3-5-14(6-4-13)10-19-11-15(16)9-18-19/h3-6,9,11-12,17H,7-8,10H2,1-2H3. The first-order valence-electron chi connectivity index (χ1n) is 6.62. The van der Waals surface area contributed by atoms with Crippen LogP contribution in [0.1, 0.15) is 25.0 Å². The van der Waals surface area contributed by atoms with Crippen molar-refractivity contribution in [1.82, 2.24) is 15.1 Å². The lowest BCUT2D eigenvalue weighted by Gasteiger charge is -2.08. The van der Waals surface area contributed by atoms with Gasteiger partial charge in [-0.3, -0.25) is 4.68 Å². The average Bonchev–Trinajstić information content (AvgIpc) is 2.77. The molecular weight excluding hydrogens is 302 g/mol. The molecule has 0 aliphatic rings. The van der Waals surface area contributed by atoms with Crippen LogP contribution in [0.5, 0.6) is 0 Å². The summed E-state index contributed by atoms with van der Waals surface area (Å²) in [6, 6.07) is 9.32. The van der Waals surface area contributed by atoms with Crippen molar-refractivity contribution in [3.05, 3.63) is 52.3 Å². The first kappa shape index (κ1) is 14.3. The fourth-order valence-corrected chi connectivity index (χ4v) is 2.26. The topological polar surface area (TPSA) is 29.9 Å². The maximum Gasteiger partial charge on any atom is 0.0659 e. The van der Waals surface area contributed by atoms with Crippen LogP contribution in [0.3, 0.4) is 0 Å². The molecule has 0 saturated carbocycles. The second-order valence-electron chi connectivity index (χ2n) is 5.03. The van der Waals surface area contributed by atoms with Crippen molar-refractivity contribution < 1.29 is 0 Å². The lowest BCUT2D eigenvalue weighted by molar-refractivity contribution is 0.590. The van der Waals surface area contributed by atoms with Crippen molar-refractivity contribution in [3.63, 3.8) is 0 Å². The number of nitrogens with one attached hydrogen (secondary N) is 1. The van der Waals surface area contributed by atoms with Crippen LogP contribution in [-0.2, 0) is 13.0 Å². The molecule has 19 heavy (non-hydrogen) atoms. The van der Waals surface area contributed by atoms with E-state index in [0.29, 0.717) is 6.04 Å². The fourth-order valence-electron chi connectivity index (χ4n) is 1.93.